The Kier molecular flexibility index (Phi) is 5.44. The van der Waals surface area contributed by atoms with Gasteiger partial charge in [-0.25, -0.2) is 0 Å². The molecular weight excluding hydrogens is 316 g/mol. The highest BCUT2D eigenvalue weighted by atomic mass is 79.9. The summed E-state index contributed by atoms with van der Waals surface area (Å²) in [6.45, 7) is 1.62. The Morgan fingerprint density at radius 2 is 1.70 bits per heavy atom. The van der Waals surface area contributed by atoms with E-state index in [1.807, 2.05) is 24.1 Å². The molecule has 4 heteroatoms. The predicted octanol–water partition coefficient (Wildman–Crippen LogP) is 3.49. The molecule has 2 aromatic rings. The van der Waals surface area contributed by atoms with E-state index in [1.165, 1.54) is 5.56 Å². The van der Waals surface area contributed by atoms with E-state index in [9.17, 15) is 0 Å². The molecule has 0 aromatic heterocycles. The zero-order valence-corrected chi connectivity index (χ0v) is 13.1. The van der Waals surface area contributed by atoms with Gasteiger partial charge in [-0.05, 0) is 42.0 Å². The largest absolute Gasteiger partial charge is 0.395 e. The van der Waals surface area contributed by atoms with E-state index in [-0.39, 0.29) is 6.61 Å². The highest BCUT2D eigenvalue weighted by Gasteiger charge is 2.00. The van der Waals surface area contributed by atoms with Crippen molar-refractivity contribution in [1.82, 2.24) is 0 Å². The van der Waals surface area contributed by atoms with E-state index in [2.05, 4.69) is 57.6 Å². The van der Waals surface area contributed by atoms with Gasteiger partial charge in [0.05, 0.1) is 6.61 Å². The first-order valence-electron chi connectivity index (χ1n) is 6.59. The van der Waals surface area contributed by atoms with Gasteiger partial charge in [0.1, 0.15) is 0 Å². The van der Waals surface area contributed by atoms with Gasteiger partial charge in [-0.2, -0.15) is 0 Å². The molecule has 106 valence electrons. The first kappa shape index (κ1) is 14.9. The molecule has 3 nitrogen and oxygen atoms in total. The van der Waals surface area contributed by atoms with Crippen molar-refractivity contribution in [3.8, 4) is 0 Å². The summed E-state index contributed by atoms with van der Waals surface area (Å²) in [7, 11) is 1.97. The van der Waals surface area contributed by atoms with Gasteiger partial charge in [-0.15, -0.1) is 0 Å². The van der Waals surface area contributed by atoms with E-state index in [4.69, 9.17) is 5.11 Å². The fraction of sp³-hybridized carbons (Fsp3) is 0.250. The molecule has 2 aromatic carbocycles. The quantitative estimate of drug-likeness (QED) is 0.848. The van der Waals surface area contributed by atoms with Crippen molar-refractivity contribution in [3.05, 3.63) is 58.6 Å². The third-order valence-corrected chi connectivity index (χ3v) is 3.68. The Morgan fingerprint density at radius 1 is 1.05 bits per heavy atom. The molecule has 0 aliphatic rings. The molecule has 0 amide bonds. The first-order valence-corrected chi connectivity index (χ1v) is 7.39. The molecule has 0 aliphatic carbocycles. The monoisotopic (exact) mass is 334 g/mol. The van der Waals surface area contributed by atoms with E-state index >= 15 is 0 Å². The first-order chi connectivity index (χ1) is 9.69. The average molecular weight is 335 g/mol. The molecular formula is C16H19BrN2O. The summed E-state index contributed by atoms with van der Waals surface area (Å²) in [6, 6.07) is 16.5. The van der Waals surface area contributed by atoms with Crippen molar-refractivity contribution in [3.63, 3.8) is 0 Å². The average Bonchev–Trinajstić information content (AvgIpc) is 2.47. The van der Waals surface area contributed by atoms with E-state index in [1.54, 1.807) is 0 Å². The van der Waals surface area contributed by atoms with Gasteiger partial charge in [0.2, 0.25) is 0 Å². The Labute approximate surface area is 128 Å². The van der Waals surface area contributed by atoms with E-state index < -0.39 is 0 Å². The smallest absolute Gasteiger partial charge is 0.0606 e. The third-order valence-electron chi connectivity index (χ3n) is 3.15. The number of hydrogen-bond acceptors (Lipinski definition) is 3. The number of hydrogen-bond donors (Lipinski definition) is 2. The summed E-state index contributed by atoms with van der Waals surface area (Å²) in [4.78, 5) is 2.03. The highest BCUT2D eigenvalue weighted by molar-refractivity contribution is 9.10. The second kappa shape index (κ2) is 7.31. The van der Waals surface area contributed by atoms with E-state index in [0.717, 1.165) is 22.4 Å². The standard InChI is InChI=1S/C16H19BrN2O/c1-19(10-11-20)16-8-6-15(7-9-16)18-12-13-2-4-14(17)5-3-13/h2-9,18,20H,10-12H2,1H3. The lowest BCUT2D eigenvalue weighted by atomic mass is 10.2. The maximum atomic E-state index is 8.92. The van der Waals surface area contributed by atoms with Gasteiger partial charge >= 0.3 is 0 Å². The molecule has 0 saturated heterocycles. The van der Waals surface area contributed by atoms with Crippen LogP contribution in [-0.4, -0.2) is 25.3 Å². The number of anilines is 2. The van der Waals surface area contributed by atoms with Crippen LogP contribution in [0.1, 0.15) is 5.56 Å². The molecule has 2 N–H and O–H groups in total. The summed E-state index contributed by atoms with van der Waals surface area (Å²) in [5, 5.41) is 12.3. The number of nitrogens with one attached hydrogen (secondary N) is 1. The van der Waals surface area contributed by atoms with Crippen LogP contribution >= 0.6 is 15.9 Å². The predicted molar refractivity (Wildman–Crippen MR) is 88.3 cm³/mol. The van der Waals surface area contributed by atoms with Gasteiger partial charge in [0.15, 0.2) is 0 Å². The molecule has 2 rings (SSSR count). The summed E-state index contributed by atoms with van der Waals surface area (Å²) < 4.78 is 1.09. The Morgan fingerprint density at radius 3 is 2.30 bits per heavy atom. The Hall–Kier alpha value is -1.52. The van der Waals surface area contributed by atoms with Crippen LogP contribution in [0, 0.1) is 0 Å². The lowest BCUT2D eigenvalue weighted by molar-refractivity contribution is 0.304. The van der Waals surface area contributed by atoms with Crippen molar-refractivity contribution in [1.29, 1.82) is 0 Å². The molecule has 0 bridgehead atoms. The van der Waals surface area contributed by atoms with Crippen molar-refractivity contribution in [2.75, 3.05) is 30.4 Å². The maximum absolute atomic E-state index is 8.92. The van der Waals surface area contributed by atoms with Gasteiger partial charge < -0.3 is 15.3 Å². The minimum absolute atomic E-state index is 0.167. The molecule has 0 heterocycles. The number of likely N-dealkylation sites (N-methyl/N-ethyl adjacent to an activating group) is 1. The molecule has 0 saturated carbocycles. The zero-order chi connectivity index (χ0) is 14.4. The van der Waals surface area contributed by atoms with Crippen LogP contribution in [-0.2, 0) is 6.54 Å². The number of nitrogens with zero attached hydrogens (tertiary/aromatic N) is 1. The van der Waals surface area contributed by atoms with Crippen molar-refractivity contribution in [2.24, 2.45) is 0 Å². The number of benzene rings is 2. The van der Waals surface area contributed by atoms with Gasteiger partial charge in [0.25, 0.3) is 0 Å². The maximum Gasteiger partial charge on any atom is 0.0606 e. The normalized spacial score (nSPS) is 10.3. The van der Waals surface area contributed by atoms with Gasteiger partial charge in [-0.1, -0.05) is 28.1 Å². The van der Waals surface area contributed by atoms with Crippen LogP contribution in [0.5, 0.6) is 0 Å². The second-order valence-corrected chi connectivity index (χ2v) is 5.59. The van der Waals surface area contributed by atoms with Crippen LogP contribution < -0.4 is 10.2 Å². The minimum Gasteiger partial charge on any atom is -0.395 e. The molecule has 0 aliphatic heterocycles. The molecule has 0 unspecified atom stereocenters. The van der Waals surface area contributed by atoms with Crippen LogP contribution in [0.2, 0.25) is 0 Å². The Bertz CT molecular complexity index is 525. The molecule has 0 radical (unpaired) electrons. The highest BCUT2D eigenvalue weighted by Crippen LogP contribution is 2.17. The number of halogens is 1. The van der Waals surface area contributed by atoms with Crippen LogP contribution in [0.25, 0.3) is 0 Å². The number of aliphatic hydroxyl groups excluding tert-OH is 1. The lowest BCUT2D eigenvalue weighted by Crippen LogP contribution is -2.20. The van der Waals surface area contributed by atoms with E-state index in [0.29, 0.717) is 6.54 Å². The molecule has 20 heavy (non-hydrogen) atoms. The topological polar surface area (TPSA) is 35.5 Å². The van der Waals surface area contributed by atoms with Gasteiger partial charge in [0, 0.05) is 36.0 Å². The SMILES string of the molecule is CN(CCO)c1ccc(NCc2ccc(Br)cc2)cc1. The fourth-order valence-corrected chi connectivity index (χ4v) is 2.18. The summed E-state index contributed by atoms with van der Waals surface area (Å²) in [5.41, 5.74) is 3.44. The third kappa shape index (κ3) is 4.25. The van der Waals surface area contributed by atoms with Gasteiger partial charge in [-0.3, -0.25) is 0 Å². The van der Waals surface area contributed by atoms with Crippen LogP contribution in [0.4, 0.5) is 11.4 Å². The number of rotatable bonds is 6. The van der Waals surface area contributed by atoms with Crippen molar-refractivity contribution < 1.29 is 5.11 Å². The zero-order valence-electron chi connectivity index (χ0n) is 11.5. The Balaban J connectivity index is 1.92. The molecule has 0 spiro atoms. The summed E-state index contributed by atoms with van der Waals surface area (Å²) in [6.07, 6.45) is 0. The van der Waals surface area contributed by atoms with Crippen molar-refractivity contribution >= 4 is 27.3 Å². The van der Waals surface area contributed by atoms with Crippen LogP contribution in [0.3, 0.4) is 0 Å². The van der Waals surface area contributed by atoms with Crippen molar-refractivity contribution in [2.45, 2.75) is 6.54 Å². The second-order valence-electron chi connectivity index (χ2n) is 4.67. The summed E-state index contributed by atoms with van der Waals surface area (Å²) >= 11 is 3.43. The fourth-order valence-electron chi connectivity index (χ4n) is 1.92. The summed E-state index contributed by atoms with van der Waals surface area (Å²) in [5.74, 6) is 0. The van der Waals surface area contributed by atoms with Crippen LogP contribution in [0.15, 0.2) is 53.0 Å². The molecule has 0 atom stereocenters. The molecule has 0 fully saturated rings. The number of aliphatic hydroxyl groups is 1. The lowest BCUT2D eigenvalue weighted by Gasteiger charge is -2.18. The minimum atomic E-state index is 0.167.